The van der Waals surface area contributed by atoms with Crippen molar-refractivity contribution in [2.75, 3.05) is 13.1 Å². The quantitative estimate of drug-likeness (QED) is 0.514. The number of nitro benzene ring substituents is 1. The number of rotatable bonds is 7. The zero-order valence-electron chi connectivity index (χ0n) is 16.2. The number of hydrazine groups is 1. The Hall–Kier alpha value is -3.24. The van der Waals surface area contributed by atoms with Crippen molar-refractivity contribution in [3.63, 3.8) is 0 Å². The van der Waals surface area contributed by atoms with Crippen LogP contribution in [0.1, 0.15) is 35.2 Å². The molecule has 0 unspecified atom stereocenters. The summed E-state index contributed by atoms with van der Waals surface area (Å²) in [6.07, 6.45) is 2.65. The van der Waals surface area contributed by atoms with Crippen LogP contribution in [0.4, 0.5) is 5.69 Å². The second-order valence-corrected chi connectivity index (χ2v) is 8.80. The number of benzene rings is 2. The van der Waals surface area contributed by atoms with Gasteiger partial charge < -0.3 is 0 Å². The Kier molecular flexibility index (Phi) is 6.48. The Morgan fingerprint density at radius 2 is 1.67 bits per heavy atom. The van der Waals surface area contributed by atoms with E-state index in [4.69, 9.17) is 0 Å². The number of hydrogen-bond acceptors (Lipinski definition) is 6. The number of nitrogens with one attached hydrogen (secondary N) is 2. The fourth-order valence-electron chi connectivity index (χ4n) is 3.14. The molecule has 1 heterocycles. The van der Waals surface area contributed by atoms with Gasteiger partial charge in [0, 0.05) is 36.3 Å². The van der Waals surface area contributed by atoms with E-state index in [0.717, 1.165) is 19.3 Å². The molecular weight excluding hydrogens is 408 g/mol. The lowest BCUT2D eigenvalue weighted by molar-refractivity contribution is -0.384. The van der Waals surface area contributed by atoms with Gasteiger partial charge in [0.05, 0.1) is 15.5 Å². The molecule has 1 aliphatic rings. The van der Waals surface area contributed by atoms with Gasteiger partial charge in [-0.2, -0.15) is 4.31 Å². The second kappa shape index (κ2) is 9.06. The first kappa shape index (κ1) is 21.5. The summed E-state index contributed by atoms with van der Waals surface area (Å²) in [7, 11) is -3.65. The van der Waals surface area contributed by atoms with E-state index in [0.29, 0.717) is 18.7 Å². The van der Waals surface area contributed by atoms with Gasteiger partial charge in [-0.05, 0) is 31.0 Å². The minimum atomic E-state index is -3.65. The summed E-state index contributed by atoms with van der Waals surface area (Å²) >= 11 is 0. The molecule has 0 aliphatic carbocycles. The third-order valence-corrected chi connectivity index (χ3v) is 6.68. The Bertz CT molecular complexity index is 1080. The maximum absolute atomic E-state index is 12.8. The SMILES string of the molecule is C=C(NNC(=O)c1cccc(S(=O)(=O)N2CCCCC2)c1)c1cccc([N+](=O)[O-])c1. The average molecular weight is 430 g/mol. The number of sulfonamides is 1. The number of nitrogens with zero attached hydrogens (tertiary/aromatic N) is 2. The van der Waals surface area contributed by atoms with Crippen LogP contribution in [0, 0.1) is 10.1 Å². The molecule has 1 fully saturated rings. The Morgan fingerprint density at radius 1 is 1.00 bits per heavy atom. The molecule has 0 aromatic heterocycles. The van der Waals surface area contributed by atoms with E-state index in [1.165, 1.54) is 46.8 Å². The van der Waals surface area contributed by atoms with Crippen molar-refractivity contribution in [2.24, 2.45) is 0 Å². The molecule has 1 saturated heterocycles. The largest absolute Gasteiger partial charge is 0.298 e. The summed E-state index contributed by atoms with van der Waals surface area (Å²) in [5, 5.41) is 10.9. The first-order valence-corrected chi connectivity index (χ1v) is 10.8. The number of non-ortho nitro benzene ring substituents is 1. The van der Waals surface area contributed by atoms with Crippen LogP contribution in [0.2, 0.25) is 0 Å². The van der Waals surface area contributed by atoms with Crippen LogP contribution in [-0.2, 0) is 10.0 Å². The first-order chi connectivity index (χ1) is 14.3. The predicted molar refractivity (Wildman–Crippen MR) is 112 cm³/mol. The van der Waals surface area contributed by atoms with Gasteiger partial charge in [-0.1, -0.05) is 31.2 Å². The molecule has 2 aromatic rings. The van der Waals surface area contributed by atoms with Crippen molar-refractivity contribution in [1.82, 2.24) is 15.2 Å². The van der Waals surface area contributed by atoms with E-state index < -0.39 is 20.9 Å². The number of amides is 1. The highest BCUT2D eigenvalue weighted by Crippen LogP contribution is 2.21. The minimum Gasteiger partial charge on any atom is -0.298 e. The predicted octanol–water partition coefficient (Wildman–Crippen LogP) is 2.67. The maximum atomic E-state index is 12.8. The summed E-state index contributed by atoms with van der Waals surface area (Å²) < 4.78 is 27.1. The van der Waals surface area contributed by atoms with Gasteiger partial charge in [-0.15, -0.1) is 0 Å². The van der Waals surface area contributed by atoms with Gasteiger partial charge in [-0.3, -0.25) is 25.8 Å². The molecule has 2 aromatic carbocycles. The summed E-state index contributed by atoms with van der Waals surface area (Å²) in [4.78, 5) is 22.9. The molecule has 1 amide bonds. The molecule has 1 aliphatic heterocycles. The zero-order valence-corrected chi connectivity index (χ0v) is 17.0. The van der Waals surface area contributed by atoms with Gasteiger partial charge in [0.1, 0.15) is 0 Å². The third-order valence-electron chi connectivity index (χ3n) is 4.78. The maximum Gasteiger partial charge on any atom is 0.270 e. The van der Waals surface area contributed by atoms with Crippen molar-refractivity contribution in [2.45, 2.75) is 24.2 Å². The highest BCUT2D eigenvalue weighted by atomic mass is 32.2. The van der Waals surface area contributed by atoms with Gasteiger partial charge >= 0.3 is 0 Å². The lowest BCUT2D eigenvalue weighted by Gasteiger charge is -2.26. The van der Waals surface area contributed by atoms with Gasteiger partial charge in [-0.25, -0.2) is 8.42 Å². The van der Waals surface area contributed by atoms with Crippen molar-refractivity contribution >= 4 is 27.3 Å². The second-order valence-electron chi connectivity index (χ2n) is 6.86. The normalized spacial score (nSPS) is 14.7. The molecule has 9 nitrogen and oxygen atoms in total. The Balaban J connectivity index is 1.69. The van der Waals surface area contributed by atoms with Crippen LogP contribution >= 0.6 is 0 Å². The molecule has 158 valence electrons. The van der Waals surface area contributed by atoms with E-state index in [9.17, 15) is 23.3 Å². The van der Waals surface area contributed by atoms with E-state index in [-0.39, 0.29) is 21.8 Å². The Morgan fingerprint density at radius 3 is 2.37 bits per heavy atom. The number of piperidine rings is 1. The van der Waals surface area contributed by atoms with Gasteiger partial charge in [0.15, 0.2) is 0 Å². The van der Waals surface area contributed by atoms with Gasteiger partial charge in [0.2, 0.25) is 10.0 Å². The minimum absolute atomic E-state index is 0.0644. The fourth-order valence-corrected chi connectivity index (χ4v) is 4.70. The molecule has 0 atom stereocenters. The highest BCUT2D eigenvalue weighted by molar-refractivity contribution is 7.89. The van der Waals surface area contributed by atoms with Crippen LogP contribution in [0.15, 0.2) is 60.0 Å². The standard InChI is InChI=1S/C20H22N4O5S/c1-15(16-7-5-9-18(13-16)24(26)27)21-22-20(25)17-8-6-10-19(14-17)30(28,29)23-11-3-2-4-12-23/h5-10,13-14,21H,1-4,11-12H2,(H,22,25). The van der Waals surface area contributed by atoms with E-state index in [1.54, 1.807) is 6.07 Å². The summed E-state index contributed by atoms with van der Waals surface area (Å²) in [5.74, 6) is -0.558. The molecular formula is C20H22N4O5S. The number of carbonyl (C=O) groups excluding carboxylic acids is 1. The van der Waals surface area contributed by atoms with Crippen LogP contribution in [0.3, 0.4) is 0 Å². The van der Waals surface area contributed by atoms with Crippen molar-refractivity contribution < 1.29 is 18.1 Å². The molecule has 10 heteroatoms. The molecule has 0 radical (unpaired) electrons. The number of nitro groups is 1. The van der Waals surface area contributed by atoms with Crippen molar-refractivity contribution in [3.8, 4) is 0 Å². The van der Waals surface area contributed by atoms with Gasteiger partial charge in [0.25, 0.3) is 11.6 Å². The number of carbonyl (C=O) groups is 1. The molecule has 0 saturated carbocycles. The number of hydrogen-bond donors (Lipinski definition) is 2. The van der Waals surface area contributed by atoms with Crippen LogP contribution in [0.25, 0.3) is 5.70 Å². The topological polar surface area (TPSA) is 122 Å². The zero-order chi connectivity index (χ0) is 21.7. The van der Waals surface area contributed by atoms with E-state index >= 15 is 0 Å². The monoisotopic (exact) mass is 430 g/mol. The average Bonchev–Trinajstić information content (AvgIpc) is 2.78. The summed E-state index contributed by atoms with van der Waals surface area (Å²) in [6.45, 7) is 4.71. The summed E-state index contributed by atoms with van der Waals surface area (Å²) in [5.41, 5.74) is 5.80. The van der Waals surface area contributed by atoms with Crippen molar-refractivity contribution in [1.29, 1.82) is 0 Å². The lowest BCUT2D eigenvalue weighted by Crippen LogP contribution is -2.37. The van der Waals surface area contributed by atoms with E-state index in [2.05, 4.69) is 17.4 Å². The summed E-state index contributed by atoms with van der Waals surface area (Å²) in [6, 6.07) is 11.6. The highest BCUT2D eigenvalue weighted by Gasteiger charge is 2.26. The molecule has 30 heavy (non-hydrogen) atoms. The smallest absolute Gasteiger partial charge is 0.270 e. The fraction of sp³-hybridized carbons (Fsp3) is 0.250. The molecule has 0 spiro atoms. The van der Waals surface area contributed by atoms with Crippen LogP contribution < -0.4 is 10.9 Å². The molecule has 0 bridgehead atoms. The van der Waals surface area contributed by atoms with Crippen LogP contribution in [-0.4, -0.2) is 36.6 Å². The van der Waals surface area contributed by atoms with Crippen LogP contribution in [0.5, 0.6) is 0 Å². The Labute approximate surface area is 174 Å². The van der Waals surface area contributed by atoms with Crippen molar-refractivity contribution in [3.05, 3.63) is 76.4 Å². The first-order valence-electron chi connectivity index (χ1n) is 9.39. The van der Waals surface area contributed by atoms with E-state index in [1.807, 2.05) is 0 Å². The third kappa shape index (κ3) is 4.84. The molecule has 3 rings (SSSR count). The lowest BCUT2D eigenvalue weighted by atomic mass is 10.1. The molecule has 2 N–H and O–H groups in total.